The van der Waals surface area contributed by atoms with E-state index in [1.807, 2.05) is 0 Å². The highest BCUT2D eigenvalue weighted by atomic mass is 14.8. The van der Waals surface area contributed by atoms with E-state index in [-0.39, 0.29) is 0 Å². The predicted molar refractivity (Wildman–Crippen MR) is 112 cm³/mol. The molecular formula is C25H29N. The summed E-state index contributed by atoms with van der Waals surface area (Å²) in [7, 11) is 0. The Bertz CT molecular complexity index is 770. The predicted octanol–water partition coefficient (Wildman–Crippen LogP) is 5.92. The molecule has 0 unspecified atom stereocenters. The highest BCUT2D eigenvalue weighted by molar-refractivity contribution is 5.35. The van der Waals surface area contributed by atoms with E-state index in [0.717, 1.165) is 19.5 Å². The quantitative estimate of drug-likeness (QED) is 0.525. The van der Waals surface area contributed by atoms with Crippen LogP contribution in [0.15, 0.2) is 72.8 Å². The van der Waals surface area contributed by atoms with Crippen LogP contribution in [0.1, 0.15) is 45.7 Å². The summed E-state index contributed by atoms with van der Waals surface area (Å²) in [6, 6.07) is 26.7. The molecule has 134 valence electrons. The van der Waals surface area contributed by atoms with Crippen molar-refractivity contribution in [3.05, 3.63) is 106 Å². The van der Waals surface area contributed by atoms with E-state index in [9.17, 15) is 0 Å². The molecule has 0 aromatic heterocycles. The lowest BCUT2D eigenvalue weighted by Crippen LogP contribution is -2.18. The van der Waals surface area contributed by atoms with Gasteiger partial charge in [0, 0.05) is 12.5 Å². The average Bonchev–Trinajstić information content (AvgIpc) is 2.64. The zero-order valence-corrected chi connectivity index (χ0v) is 16.1. The Balaban J connectivity index is 1.67. The van der Waals surface area contributed by atoms with Crippen LogP contribution >= 0.6 is 0 Å². The molecule has 1 N–H and O–H groups in total. The molecule has 1 nitrogen and oxygen atoms in total. The van der Waals surface area contributed by atoms with Crippen LogP contribution in [0.4, 0.5) is 0 Å². The van der Waals surface area contributed by atoms with Crippen LogP contribution < -0.4 is 5.32 Å². The van der Waals surface area contributed by atoms with Gasteiger partial charge < -0.3 is 5.32 Å². The van der Waals surface area contributed by atoms with Crippen LogP contribution in [0, 0.1) is 20.8 Å². The number of rotatable bonds is 7. The van der Waals surface area contributed by atoms with Gasteiger partial charge in [-0.25, -0.2) is 0 Å². The van der Waals surface area contributed by atoms with E-state index in [2.05, 4.69) is 98.9 Å². The van der Waals surface area contributed by atoms with Crippen molar-refractivity contribution in [1.82, 2.24) is 5.32 Å². The summed E-state index contributed by atoms with van der Waals surface area (Å²) >= 11 is 0. The maximum absolute atomic E-state index is 3.62. The molecule has 0 atom stereocenters. The lowest BCUT2D eigenvalue weighted by Gasteiger charge is -2.19. The third kappa shape index (κ3) is 5.06. The third-order valence-corrected chi connectivity index (χ3v) is 4.98. The average molecular weight is 344 g/mol. The fraction of sp³-hybridized carbons (Fsp3) is 0.280. The monoisotopic (exact) mass is 343 g/mol. The highest BCUT2D eigenvalue weighted by Crippen LogP contribution is 2.28. The molecule has 3 aromatic carbocycles. The normalized spacial score (nSPS) is 11.1. The van der Waals surface area contributed by atoms with E-state index in [4.69, 9.17) is 0 Å². The fourth-order valence-corrected chi connectivity index (χ4v) is 3.42. The number of benzene rings is 3. The molecule has 0 amide bonds. The van der Waals surface area contributed by atoms with E-state index in [1.54, 1.807) is 0 Å². The fourth-order valence-electron chi connectivity index (χ4n) is 3.42. The van der Waals surface area contributed by atoms with Crippen LogP contribution in [-0.4, -0.2) is 6.54 Å². The molecule has 0 aliphatic heterocycles. The molecule has 0 fully saturated rings. The van der Waals surface area contributed by atoms with Crippen LogP contribution in [0.5, 0.6) is 0 Å². The van der Waals surface area contributed by atoms with Crippen molar-refractivity contribution in [2.75, 3.05) is 6.54 Å². The summed E-state index contributed by atoms with van der Waals surface area (Å²) in [5.41, 5.74) is 8.10. The summed E-state index contributed by atoms with van der Waals surface area (Å²) < 4.78 is 0. The van der Waals surface area contributed by atoms with Gasteiger partial charge in [0.25, 0.3) is 0 Å². The molecule has 0 bridgehead atoms. The molecule has 3 rings (SSSR count). The van der Waals surface area contributed by atoms with Crippen molar-refractivity contribution < 1.29 is 0 Å². The molecule has 0 spiro atoms. The van der Waals surface area contributed by atoms with Gasteiger partial charge in [-0.15, -0.1) is 0 Å². The maximum Gasteiger partial charge on any atom is 0.0205 e. The molecule has 0 heterocycles. The van der Waals surface area contributed by atoms with Gasteiger partial charge in [-0.1, -0.05) is 89.5 Å². The van der Waals surface area contributed by atoms with Gasteiger partial charge in [0.05, 0.1) is 0 Å². The van der Waals surface area contributed by atoms with Gasteiger partial charge in [0.2, 0.25) is 0 Å². The second-order valence-corrected chi connectivity index (χ2v) is 7.33. The molecule has 0 aliphatic rings. The Hall–Kier alpha value is -2.38. The molecule has 1 heteroatoms. The summed E-state index contributed by atoms with van der Waals surface area (Å²) in [6.45, 7) is 8.37. The SMILES string of the molecule is Cc1ccc(C(CCNCc2cccc(C)c2)c2ccc(C)cc2)cc1. The first-order valence-electron chi connectivity index (χ1n) is 9.51. The van der Waals surface area contributed by atoms with Crippen molar-refractivity contribution in [2.24, 2.45) is 0 Å². The Morgan fingerprint density at radius 1 is 0.692 bits per heavy atom. The van der Waals surface area contributed by atoms with Crippen molar-refractivity contribution in [1.29, 1.82) is 0 Å². The lowest BCUT2D eigenvalue weighted by atomic mass is 9.87. The van der Waals surface area contributed by atoms with E-state index >= 15 is 0 Å². The minimum atomic E-state index is 0.432. The third-order valence-electron chi connectivity index (χ3n) is 4.98. The highest BCUT2D eigenvalue weighted by Gasteiger charge is 2.13. The summed E-state index contributed by atoms with van der Waals surface area (Å²) in [4.78, 5) is 0. The van der Waals surface area contributed by atoms with Crippen molar-refractivity contribution in [3.8, 4) is 0 Å². The van der Waals surface area contributed by atoms with E-state index < -0.39 is 0 Å². The molecule has 0 saturated carbocycles. The van der Waals surface area contributed by atoms with Gasteiger partial charge in [-0.2, -0.15) is 0 Å². The van der Waals surface area contributed by atoms with Crippen LogP contribution in [0.25, 0.3) is 0 Å². The maximum atomic E-state index is 3.62. The zero-order chi connectivity index (χ0) is 18.4. The smallest absolute Gasteiger partial charge is 0.0205 e. The first kappa shape index (κ1) is 18.4. The molecule has 0 radical (unpaired) electrons. The summed E-state index contributed by atoms with van der Waals surface area (Å²) in [5, 5.41) is 3.62. The topological polar surface area (TPSA) is 12.0 Å². The van der Waals surface area contributed by atoms with Gasteiger partial charge in [-0.05, 0) is 50.4 Å². The molecule has 0 aliphatic carbocycles. The van der Waals surface area contributed by atoms with Crippen molar-refractivity contribution >= 4 is 0 Å². The second-order valence-electron chi connectivity index (χ2n) is 7.33. The number of nitrogens with one attached hydrogen (secondary N) is 1. The van der Waals surface area contributed by atoms with Crippen LogP contribution in [0.2, 0.25) is 0 Å². The standard InChI is InChI=1S/C25H29N/c1-19-7-11-23(12-8-19)25(24-13-9-20(2)10-14-24)15-16-26-18-22-6-4-5-21(3)17-22/h4-14,17,25-26H,15-16,18H2,1-3H3. The Morgan fingerprint density at radius 2 is 1.27 bits per heavy atom. The molecule has 0 saturated heterocycles. The van der Waals surface area contributed by atoms with Gasteiger partial charge in [-0.3, -0.25) is 0 Å². The largest absolute Gasteiger partial charge is 0.313 e. The Labute approximate surface area is 158 Å². The molecular weight excluding hydrogens is 314 g/mol. The summed E-state index contributed by atoms with van der Waals surface area (Å²) in [5.74, 6) is 0.432. The van der Waals surface area contributed by atoms with Gasteiger partial charge in [0.1, 0.15) is 0 Å². The van der Waals surface area contributed by atoms with Gasteiger partial charge >= 0.3 is 0 Å². The first-order valence-corrected chi connectivity index (χ1v) is 9.51. The minimum absolute atomic E-state index is 0.432. The molecule has 3 aromatic rings. The van der Waals surface area contributed by atoms with Crippen molar-refractivity contribution in [2.45, 2.75) is 39.7 Å². The Kier molecular flexibility index (Phi) is 6.25. The van der Waals surface area contributed by atoms with E-state index in [0.29, 0.717) is 5.92 Å². The Morgan fingerprint density at radius 3 is 1.81 bits per heavy atom. The van der Waals surface area contributed by atoms with Crippen molar-refractivity contribution in [3.63, 3.8) is 0 Å². The van der Waals surface area contributed by atoms with Crippen LogP contribution in [0.3, 0.4) is 0 Å². The lowest BCUT2D eigenvalue weighted by molar-refractivity contribution is 0.611. The number of aryl methyl sites for hydroxylation is 3. The summed E-state index contributed by atoms with van der Waals surface area (Å²) in [6.07, 6.45) is 1.10. The number of hydrogen-bond donors (Lipinski definition) is 1. The minimum Gasteiger partial charge on any atom is -0.313 e. The number of hydrogen-bond acceptors (Lipinski definition) is 1. The zero-order valence-electron chi connectivity index (χ0n) is 16.1. The van der Waals surface area contributed by atoms with Crippen LogP contribution in [-0.2, 0) is 6.54 Å². The second kappa shape index (κ2) is 8.82. The van der Waals surface area contributed by atoms with E-state index in [1.165, 1.54) is 33.4 Å². The first-order chi connectivity index (χ1) is 12.6. The molecule has 26 heavy (non-hydrogen) atoms. The van der Waals surface area contributed by atoms with Gasteiger partial charge in [0.15, 0.2) is 0 Å².